The lowest BCUT2D eigenvalue weighted by molar-refractivity contribution is 0.162. The van der Waals surface area contributed by atoms with Gasteiger partial charge in [-0.3, -0.25) is 4.99 Å². The Morgan fingerprint density at radius 1 is 1.04 bits per heavy atom. The maximum atomic E-state index is 13.1. The molecule has 0 radical (unpaired) electrons. The molecule has 2 aromatic carbocycles. The monoisotopic (exact) mass is 324 g/mol. The van der Waals surface area contributed by atoms with Gasteiger partial charge in [0.2, 0.25) is 0 Å². The normalized spacial score (nSPS) is 20.6. The highest BCUT2D eigenvalue weighted by molar-refractivity contribution is 5.76. The first-order valence-electron chi connectivity index (χ1n) is 8.58. The van der Waals surface area contributed by atoms with Gasteiger partial charge in [-0.1, -0.05) is 18.2 Å². The third-order valence-electron chi connectivity index (χ3n) is 4.78. The van der Waals surface area contributed by atoms with Crippen LogP contribution in [0.25, 0.3) is 0 Å². The highest BCUT2D eigenvalue weighted by Crippen LogP contribution is 2.34. The lowest BCUT2D eigenvalue weighted by atomic mass is 9.90. The molecular weight excluding hydrogens is 303 g/mol. The summed E-state index contributed by atoms with van der Waals surface area (Å²) in [6, 6.07) is 12.9. The third kappa shape index (κ3) is 3.34. The minimum absolute atomic E-state index is 0.202. The summed E-state index contributed by atoms with van der Waals surface area (Å²) in [6.07, 6.45) is 5.24. The van der Waals surface area contributed by atoms with Crippen LogP contribution in [0.4, 0.5) is 10.1 Å². The Balaban J connectivity index is 1.49. The van der Waals surface area contributed by atoms with Gasteiger partial charge in [0.05, 0.1) is 5.69 Å². The number of hydrogen-bond acceptors (Lipinski definition) is 3. The summed E-state index contributed by atoms with van der Waals surface area (Å²) in [7, 11) is 0. The van der Waals surface area contributed by atoms with Crippen LogP contribution >= 0.6 is 0 Å². The molecule has 2 aliphatic heterocycles. The van der Waals surface area contributed by atoms with Gasteiger partial charge in [0.25, 0.3) is 0 Å². The molecule has 1 unspecified atom stereocenters. The second-order valence-corrected chi connectivity index (χ2v) is 6.50. The van der Waals surface area contributed by atoms with E-state index in [9.17, 15) is 4.39 Å². The number of nitrogens with zero attached hydrogens (tertiary/aromatic N) is 1. The summed E-state index contributed by atoms with van der Waals surface area (Å²) in [5.41, 5.74) is 3.30. The van der Waals surface area contributed by atoms with Crippen LogP contribution in [0.5, 0.6) is 5.75 Å². The molecule has 0 aromatic heterocycles. The predicted octanol–water partition coefficient (Wildman–Crippen LogP) is 4.00. The van der Waals surface area contributed by atoms with Crippen LogP contribution < -0.4 is 10.1 Å². The summed E-state index contributed by atoms with van der Waals surface area (Å²) in [5.74, 6) is 0.902. The lowest BCUT2D eigenvalue weighted by Crippen LogP contribution is -2.34. The Labute approximate surface area is 141 Å². The summed E-state index contributed by atoms with van der Waals surface area (Å²) in [5, 5.41) is 3.35. The number of halogens is 1. The number of ether oxygens (including phenoxy) is 1. The average Bonchev–Trinajstić information content (AvgIpc) is 2.63. The second-order valence-electron chi connectivity index (χ2n) is 6.50. The summed E-state index contributed by atoms with van der Waals surface area (Å²) < 4.78 is 19.2. The van der Waals surface area contributed by atoms with Gasteiger partial charge in [-0.25, -0.2) is 4.39 Å². The summed E-state index contributed by atoms with van der Waals surface area (Å²) in [4.78, 5) is 4.62. The fourth-order valence-electron chi connectivity index (χ4n) is 3.39. The molecule has 0 bridgehead atoms. The van der Waals surface area contributed by atoms with Crippen LogP contribution in [0.15, 0.2) is 47.5 Å². The first-order valence-corrected chi connectivity index (χ1v) is 8.58. The molecule has 0 amide bonds. The Bertz CT molecular complexity index is 736. The van der Waals surface area contributed by atoms with Gasteiger partial charge in [-0.05, 0) is 61.7 Å². The second kappa shape index (κ2) is 6.73. The fraction of sp³-hybridized carbons (Fsp3) is 0.350. The van der Waals surface area contributed by atoms with Crippen LogP contribution in [0.3, 0.4) is 0 Å². The molecule has 1 fully saturated rings. The van der Waals surface area contributed by atoms with Crippen molar-refractivity contribution in [2.75, 3.05) is 13.1 Å². The third-order valence-corrected chi connectivity index (χ3v) is 4.78. The number of rotatable bonds is 3. The summed E-state index contributed by atoms with van der Waals surface area (Å²) >= 11 is 0. The van der Waals surface area contributed by atoms with E-state index in [0.29, 0.717) is 6.10 Å². The average molecular weight is 324 g/mol. The van der Waals surface area contributed by atoms with E-state index >= 15 is 0 Å². The van der Waals surface area contributed by atoms with Crippen molar-refractivity contribution in [3.63, 3.8) is 0 Å². The summed E-state index contributed by atoms with van der Waals surface area (Å²) in [6.45, 7) is 2.04. The van der Waals surface area contributed by atoms with Gasteiger partial charge < -0.3 is 10.1 Å². The molecule has 24 heavy (non-hydrogen) atoms. The van der Waals surface area contributed by atoms with Crippen molar-refractivity contribution >= 4 is 11.9 Å². The maximum absolute atomic E-state index is 13.1. The molecule has 0 aliphatic carbocycles. The quantitative estimate of drug-likeness (QED) is 0.926. The SMILES string of the molecule is Fc1ccc(C2C=Nc3cc(OC4CCNCC4)ccc3C2)cc1. The van der Waals surface area contributed by atoms with Gasteiger partial charge in [0, 0.05) is 18.2 Å². The lowest BCUT2D eigenvalue weighted by Gasteiger charge is -2.25. The Morgan fingerprint density at radius 3 is 2.62 bits per heavy atom. The van der Waals surface area contributed by atoms with Crippen molar-refractivity contribution in [1.82, 2.24) is 5.32 Å². The van der Waals surface area contributed by atoms with Crippen LogP contribution in [-0.4, -0.2) is 25.4 Å². The molecule has 0 spiro atoms. The molecule has 2 aliphatic rings. The largest absolute Gasteiger partial charge is 0.490 e. The van der Waals surface area contributed by atoms with E-state index in [1.807, 2.05) is 30.5 Å². The Morgan fingerprint density at radius 2 is 1.83 bits per heavy atom. The molecule has 0 saturated carbocycles. The highest BCUT2D eigenvalue weighted by atomic mass is 19.1. The van der Waals surface area contributed by atoms with Crippen molar-refractivity contribution < 1.29 is 9.13 Å². The van der Waals surface area contributed by atoms with Crippen LogP contribution in [0, 0.1) is 5.82 Å². The van der Waals surface area contributed by atoms with Crippen molar-refractivity contribution in [3.05, 3.63) is 59.4 Å². The highest BCUT2D eigenvalue weighted by Gasteiger charge is 2.19. The first-order chi connectivity index (χ1) is 11.8. The molecule has 1 saturated heterocycles. The van der Waals surface area contributed by atoms with E-state index in [1.54, 1.807) is 0 Å². The molecule has 4 heteroatoms. The molecule has 2 aromatic rings. The predicted molar refractivity (Wildman–Crippen MR) is 94.0 cm³/mol. The van der Waals surface area contributed by atoms with Gasteiger partial charge in [0.1, 0.15) is 17.7 Å². The molecule has 124 valence electrons. The van der Waals surface area contributed by atoms with E-state index in [-0.39, 0.29) is 11.7 Å². The van der Waals surface area contributed by atoms with Crippen LogP contribution in [-0.2, 0) is 6.42 Å². The zero-order valence-electron chi connectivity index (χ0n) is 13.5. The number of benzene rings is 2. The standard InChI is InChI=1S/C20H21FN2O/c21-17-4-1-14(2-5-17)16-11-15-3-6-19(12-20(15)23-13-16)24-18-7-9-22-10-8-18/h1-6,12-13,16,18,22H,7-11H2. The van der Waals surface area contributed by atoms with Crippen molar-refractivity contribution in [3.8, 4) is 5.75 Å². The molecule has 3 nitrogen and oxygen atoms in total. The van der Waals surface area contributed by atoms with Crippen molar-refractivity contribution in [2.24, 2.45) is 4.99 Å². The van der Waals surface area contributed by atoms with E-state index in [2.05, 4.69) is 16.4 Å². The van der Waals surface area contributed by atoms with Gasteiger partial charge in [0.15, 0.2) is 0 Å². The van der Waals surface area contributed by atoms with E-state index < -0.39 is 0 Å². The van der Waals surface area contributed by atoms with Gasteiger partial charge in [-0.15, -0.1) is 0 Å². The number of fused-ring (bicyclic) bond motifs is 1. The minimum atomic E-state index is -0.202. The van der Waals surface area contributed by atoms with E-state index in [0.717, 1.165) is 49.4 Å². The molecular formula is C20H21FN2O. The smallest absolute Gasteiger partial charge is 0.123 e. The molecule has 4 rings (SSSR count). The maximum Gasteiger partial charge on any atom is 0.123 e. The van der Waals surface area contributed by atoms with Crippen molar-refractivity contribution in [1.29, 1.82) is 0 Å². The van der Waals surface area contributed by atoms with Crippen LogP contribution in [0.2, 0.25) is 0 Å². The Hall–Kier alpha value is -2.20. The van der Waals surface area contributed by atoms with E-state index in [1.165, 1.54) is 17.7 Å². The topological polar surface area (TPSA) is 33.6 Å². The van der Waals surface area contributed by atoms with E-state index in [4.69, 9.17) is 4.74 Å². The number of nitrogens with one attached hydrogen (secondary N) is 1. The Kier molecular flexibility index (Phi) is 4.30. The van der Waals surface area contributed by atoms with Crippen LogP contribution in [0.1, 0.15) is 29.9 Å². The number of hydrogen-bond donors (Lipinski definition) is 1. The fourth-order valence-corrected chi connectivity index (χ4v) is 3.39. The molecule has 1 N–H and O–H groups in total. The molecule has 2 heterocycles. The van der Waals surface area contributed by atoms with Crippen molar-refractivity contribution in [2.45, 2.75) is 31.3 Å². The minimum Gasteiger partial charge on any atom is -0.490 e. The van der Waals surface area contributed by atoms with Gasteiger partial charge in [-0.2, -0.15) is 0 Å². The first kappa shape index (κ1) is 15.3. The number of aliphatic imine (C=N–C) groups is 1. The zero-order valence-corrected chi connectivity index (χ0v) is 13.5. The zero-order chi connectivity index (χ0) is 16.4. The van der Waals surface area contributed by atoms with Gasteiger partial charge >= 0.3 is 0 Å². The number of piperidine rings is 1. The molecule has 1 atom stereocenters.